The summed E-state index contributed by atoms with van der Waals surface area (Å²) in [7, 11) is 1.42. The van der Waals surface area contributed by atoms with Crippen LogP contribution in [0.2, 0.25) is 0 Å². The Morgan fingerprint density at radius 2 is 1.91 bits per heavy atom. The van der Waals surface area contributed by atoms with Crippen LogP contribution in [0.5, 0.6) is 5.75 Å². The highest BCUT2D eigenvalue weighted by atomic mass is 32.1. The molecule has 0 atom stereocenters. The number of nitro groups is 1. The van der Waals surface area contributed by atoms with Gasteiger partial charge in [0.15, 0.2) is 5.75 Å². The third kappa shape index (κ3) is 2.68. The van der Waals surface area contributed by atoms with Gasteiger partial charge in [-0.25, -0.2) is 4.98 Å². The molecule has 110 valence electrons. The first kappa shape index (κ1) is 14.2. The van der Waals surface area contributed by atoms with Crippen molar-refractivity contribution < 1.29 is 9.66 Å². The number of hydrogen-bond acceptors (Lipinski definition) is 5. The van der Waals surface area contributed by atoms with Crippen LogP contribution in [0.25, 0.3) is 21.8 Å². The van der Waals surface area contributed by atoms with Crippen LogP contribution in [0, 0.1) is 10.1 Å². The van der Waals surface area contributed by atoms with E-state index < -0.39 is 4.92 Å². The number of ether oxygens (including phenoxy) is 1. The van der Waals surface area contributed by atoms with E-state index in [-0.39, 0.29) is 11.4 Å². The van der Waals surface area contributed by atoms with Gasteiger partial charge in [0.1, 0.15) is 5.01 Å². The molecule has 5 nitrogen and oxygen atoms in total. The second-order valence-corrected chi connectivity index (χ2v) is 5.41. The number of thiazole rings is 1. The van der Waals surface area contributed by atoms with E-state index in [1.807, 2.05) is 35.7 Å². The van der Waals surface area contributed by atoms with Gasteiger partial charge >= 0.3 is 5.69 Å². The monoisotopic (exact) mass is 312 g/mol. The molecule has 3 rings (SSSR count). The summed E-state index contributed by atoms with van der Waals surface area (Å²) in [6.07, 6.45) is 0. The number of hydrogen-bond donors (Lipinski definition) is 0. The first-order valence-electron chi connectivity index (χ1n) is 6.53. The molecule has 0 aliphatic rings. The van der Waals surface area contributed by atoms with Gasteiger partial charge in [0.25, 0.3) is 0 Å². The van der Waals surface area contributed by atoms with Gasteiger partial charge < -0.3 is 4.74 Å². The smallest absolute Gasteiger partial charge is 0.311 e. The Bertz CT molecular complexity index is 815. The van der Waals surface area contributed by atoms with Gasteiger partial charge in [-0.1, -0.05) is 30.3 Å². The Morgan fingerprint density at radius 1 is 1.14 bits per heavy atom. The van der Waals surface area contributed by atoms with Gasteiger partial charge in [0, 0.05) is 22.6 Å². The van der Waals surface area contributed by atoms with E-state index in [0.717, 1.165) is 16.3 Å². The second-order valence-electron chi connectivity index (χ2n) is 4.55. The van der Waals surface area contributed by atoms with Crippen molar-refractivity contribution in [3.05, 3.63) is 64.0 Å². The molecular weight excluding hydrogens is 300 g/mol. The first-order chi connectivity index (χ1) is 10.7. The Kier molecular flexibility index (Phi) is 3.84. The molecule has 1 heterocycles. The summed E-state index contributed by atoms with van der Waals surface area (Å²) in [5.74, 6) is 0.243. The lowest BCUT2D eigenvalue weighted by Crippen LogP contribution is -1.94. The van der Waals surface area contributed by atoms with Crippen LogP contribution in [0.1, 0.15) is 0 Å². The summed E-state index contributed by atoms with van der Waals surface area (Å²) < 4.78 is 5.01. The maximum atomic E-state index is 11.1. The zero-order valence-corrected chi connectivity index (χ0v) is 12.5. The Balaban J connectivity index is 2.00. The SMILES string of the molecule is COc1ccc(-c2csc(-c3ccccc3)n2)cc1[N+](=O)[O-]. The van der Waals surface area contributed by atoms with Crippen molar-refractivity contribution in [2.45, 2.75) is 0 Å². The van der Waals surface area contributed by atoms with E-state index >= 15 is 0 Å². The number of aromatic nitrogens is 1. The van der Waals surface area contributed by atoms with E-state index in [2.05, 4.69) is 4.98 Å². The fourth-order valence-corrected chi connectivity index (χ4v) is 2.95. The summed E-state index contributed by atoms with van der Waals surface area (Å²) in [5.41, 5.74) is 2.39. The van der Waals surface area contributed by atoms with Crippen LogP contribution in [-0.2, 0) is 0 Å². The summed E-state index contributed by atoms with van der Waals surface area (Å²) in [5, 5.41) is 13.9. The fraction of sp³-hybridized carbons (Fsp3) is 0.0625. The zero-order chi connectivity index (χ0) is 15.5. The second kappa shape index (κ2) is 5.95. The number of rotatable bonds is 4. The molecule has 0 N–H and O–H groups in total. The van der Waals surface area contributed by atoms with E-state index in [1.165, 1.54) is 24.5 Å². The third-order valence-corrected chi connectivity index (χ3v) is 4.09. The normalized spacial score (nSPS) is 10.4. The molecule has 0 aliphatic heterocycles. The topological polar surface area (TPSA) is 65.3 Å². The zero-order valence-electron chi connectivity index (χ0n) is 11.7. The summed E-state index contributed by atoms with van der Waals surface area (Å²) in [6.45, 7) is 0. The lowest BCUT2D eigenvalue weighted by atomic mass is 10.1. The molecule has 0 fully saturated rings. The quantitative estimate of drug-likeness (QED) is 0.529. The molecule has 1 aromatic heterocycles. The summed E-state index contributed by atoms with van der Waals surface area (Å²) in [4.78, 5) is 15.2. The lowest BCUT2D eigenvalue weighted by molar-refractivity contribution is -0.385. The number of methoxy groups -OCH3 is 1. The molecule has 0 amide bonds. The molecule has 0 unspecified atom stereocenters. The summed E-state index contributed by atoms with van der Waals surface area (Å²) in [6, 6.07) is 14.7. The minimum absolute atomic E-state index is 0.0609. The molecule has 2 aromatic carbocycles. The van der Waals surface area contributed by atoms with Crippen molar-refractivity contribution in [1.29, 1.82) is 0 Å². The van der Waals surface area contributed by atoms with Crippen molar-refractivity contribution in [2.24, 2.45) is 0 Å². The molecular formula is C16H12N2O3S. The van der Waals surface area contributed by atoms with Crippen molar-refractivity contribution in [1.82, 2.24) is 4.98 Å². The van der Waals surface area contributed by atoms with E-state index in [9.17, 15) is 10.1 Å². The number of benzene rings is 2. The Labute approximate surface area is 131 Å². The third-order valence-electron chi connectivity index (χ3n) is 3.20. The van der Waals surface area contributed by atoms with Crippen molar-refractivity contribution in [2.75, 3.05) is 7.11 Å². The van der Waals surface area contributed by atoms with Crippen molar-refractivity contribution in [3.8, 4) is 27.6 Å². The predicted octanol–water partition coefficient (Wildman–Crippen LogP) is 4.39. The molecule has 0 saturated heterocycles. The van der Waals surface area contributed by atoms with Crippen LogP contribution in [0.15, 0.2) is 53.9 Å². The minimum atomic E-state index is -0.452. The lowest BCUT2D eigenvalue weighted by Gasteiger charge is -2.03. The van der Waals surface area contributed by atoms with Crippen molar-refractivity contribution >= 4 is 17.0 Å². The van der Waals surface area contributed by atoms with Gasteiger partial charge in [0.2, 0.25) is 0 Å². The van der Waals surface area contributed by atoms with Gasteiger partial charge in [0.05, 0.1) is 17.7 Å². The molecule has 0 bridgehead atoms. The van der Waals surface area contributed by atoms with E-state index in [1.54, 1.807) is 12.1 Å². The Morgan fingerprint density at radius 3 is 2.59 bits per heavy atom. The van der Waals surface area contributed by atoms with Crippen molar-refractivity contribution in [3.63, 3.8) is 0 Å². The highest BCUT2D eigenvalue weighted by Gasteiger charge is 2.17. The largest absolute Gasteiger partial charge is 0.490 e. The molecule has 0 spiro atoms. The highest BCUT2D eigenvalue weighted by molar-refractivity contribution is 7.13. The predicted molar refractivity (Wildman–Crippen MR) is 86.2 cm³/mol. The fourth-order valence-electron chi connectivity index (χ4n) is 2.11. The number of nitrogens with zero attached hydrogens (tertiary/aromatic N) is 2. The minimum Gasteiger partial charge on any atom is -0.490 e. The standard InChI is InChI=1S/C16H12N2O3S/c1-21-15-8-7-12(9-14(15)18(19)20)13-10-22-16(17-13)11-5-3-2-4-6-11/h2-10H,1H3. The van der Waals surface area contributed by atoms with Gasteiger partial charge in [-0.2, -0.15) is 0 Å². The van der Waals surface area contributed by atoms with Crippen LogP contribution in [-0.4, -0.2) is 17.0 Å². The number of nitro benzene ring substituents is 1. The van der Waals surface area contributed by atoms with Crippen LogP contribution in [0.3, 0.4) is 0 Å². The van der Waals surface area contributed by atoms with Gasteiger partial charge in [-0.15, -0.1) is 11.3 Å². The average molecular weight is 312 g/mol. The average Bonchev–Trinajstić information content (AvgIpc) is 3.05. The maximum Gasteiger partial charge on any atom is 0.311 e. The van der Waals surface area contributed by atoms with Crippen LogP contribution < -0.4 is 4.74 Å². The first-order valence-corrected chi connectivity index (χ1v) is 7.41. The Hall–Kier alpha value is -2.73. The molecule has 22 heavy (non-hydrogen) atoms. The summed E-state index contributed by atoms with van der Waals surface area (Å²) >= 11 is 1.51. The molecule has 0 saturated carbocycles. The van der Waals surface area contributed by atoms with Gasteiger partial charge in [-0.3, -0.25) is 10.1 Å². The molecule has 6 heteroatoms. The van der Waals surface area contributed by atoms with Gasteiger partial charge in [-0.05, 0) is 12.1 Å². The van der Waals surface area contributed by atoms with E-state index in [4.69, 9.17) is 4.74 Å². The molecule has 3 aromatic rings. The molecule has 0 aliphatic carbocycles. The molecule has 0 radical (unpaired) electrons. The highest BCUT2D eigenvalue weighted by Crippen LogP contribution is 2.34. The van der Waals surface area contributed by atoms with Crippen LogP contribution in [0.4, 0.5) is 5.69 Å². The maximum absolute atomic E-state index is 11.1. The van der Waals surface area contributed by atoms with Crippen LogP contribution >= 0.6 is 11.3 Å². The van der Waals surface area contributed by atoms with E-state index in [0.29, 0.717) is 5.56 Å².